The first kappa shape index (κ1) is 9.28. The summed E-state index contributed by atoms with van der Waals surface area (Å²) in [6.07, 6.45) is 0. The highest BCUT2D eigenvalue weighted by Crippen LogP contribution is 2.14. The molecule has 2 rings (SSSR count). The van der Waals surface area contributed by atoms with Gasteiger partial charge in [0, 0.05) is 6.07 Å². The Balaban J connectivity index is 2.54. The Labute approximate surface area is 87.6 Å². The molecule has 0 unspecified atom stereocenters. The highest BCUT2D eigenvalue weighted by Gasteiger charge is 2.05. The van der Waals surface area contributed by atoms with Crippen LogP contribution < -0.4 is 5.73 Å². The average Bonchev–Trinajstić information content (AvgIpc) is 2.60. The van der Waals surface area contributed by atoms with Crippen LogP contribution in [0.3, 0.4) is 0 Å². The van der Waals surface area contributed by atoms with E-state index in [-0.39, 0.29) is 0 Å². The molecule has 74 valence electrons. The van der Waals surface area contributed by atoms with Gasteiger partial charge in [-0.3, -0.25) is 0 Å². The van der Waals surface area contributed by atoms with Crippen molar-refractivity contribution in [2.24, 2.45) is 0 Å². The van der Waals surface area contributed by atoms with Crippen LogP contribution in [0, 0.1) is 18.3 Å². The number of rotatable bonds is 1. The quantitative estimate of drug-likeness (QED) is 0.757. The molecule has 0 spiro atoms. The van der Waals surface area contributed by atoms with E-state index < -0.39 is 0 Å². The first-order valence-corrected chi connectivity index (χ1v) is 4.53. The number of aromatic nitrogens is 2. The largest absolute Gasteiger partial charge is 0.384 e. The van der Waals surface area contributed by atoms with Crippen LogP contribution in [0.15, 0.2) is 30.3 Å². The molecule has 2 N–H and O–H groups in total. The lowest BCUT2D eigenvalue weighted by atomic mass is 10.2. The number of nitrogens with two attached hydrogens (primary N) is 1. The monoisotopic (exact) mass is 198 g/mol. The number of hydrogen-bond acceptors (Lipinski definition) is 3. The molecule has 1 aromatic carbocycles. The minimum atomic E-state index is 0.328. The van der Waals surface area contributed by atoms with Gasteiger partial charge >= 0.3 is 0 Å². The predicted octanol–water partition coefficient (Wildman–Crippen LogP) is 1.63. The van der Waals surface area contributed by atoms with Crippen LogP contribution in [-0.2, 0) is 0 Å². The maximum Gasteiger partial charge on any atom is 0.165 e. The van der Waals surface area contributed by atoms with Gasteiger partial charge in [-0.25, -0.2) is 4.68 Å². The van der Waals surface area contributed by atoms with Crippen LogP contribution in [0.5, 0.6) is 0 Å². The van der Waals surface area contributed by atoms with Gasteiger partial charge in [-0.05, 0) is 24.6 Å². The first-order chi connectivity index (χ1) is 7.20. The van der Waals surface area contributed by atoms with E-state index in [1.54, 1.807) is 10.7 Å². The smallest absolute Gasteiger partial charge is 0.165 e. The molecule has 4 heteroatoms. The second-order valence-electron chi connectivity index (χ2n) is 3.32. The van der Waals surface area contributed by atoms with Crippen molar-refractivity contribution in [2.75, 3.05) is 5.73 Å². The van der Waals surface area contributed by atoms with E-state index in [1.807, 2.05) is 37.3 Å². The van der Waals surface area contributed by atoms with Crippen molar-refractivity contribution in [1.29, 1.82) is 5.26 Å². The van der Waals surface area contributed by atoms with E-state index in [1.165, 1.54) is 0 Å². The van der Waals surface area contributed by atoms with Gasteiger partial charge in [-0.2, -0.15) is 10.4 Å². The van der Waals surface area contributed by atoms with Crippen molar-refractivity contribution in [2.45, 2.75) is 6.92 Å². The summed E-state index contributed by atoms with van der Waals surface area (Å²) in [7, 11) is 0. The van der Waals surface area contributed by atoms with Gasteiger partial charge in [0.2, 0.25) is 0 Å². The summed E-state index contributed by atoms with van der Waals surface area (Å²) >= 11 is 0. The zero-order chi connectivity index (χ0) is 10.8. The Morgan fingerprint density at radius 1 is 1.40 bits per heavy atom. The first-order valence-electron chi connectivity index (χ1n) is 4.53. The second kappa shape index (κ2) is 3.46. The minimum Gasteiger partial charge on any atom is -0.384 e. The Hall–Kier alpha value is -2.28. The van der Waals surface area contributed by atoms with Crippen LogP contribution in [0.4, 0.5) is 5.82 Å². The zero-order valence-electron chi connectivity index (χ0n) is 8.31. The summed E-state index contributed by atoms with van der Waals surface area (Å²) in [5, 5.41) is 12.8. The normalized spacial score (nSPS) is 9.87. The average molecular weight is 198 g/mol. The number of benzene rings is 1. The van der Waals surface area contributed by atoms with Crippen LogP contribution >= 0.6 is 0 Å². The summed E-state index contributed by atoms with van der Waals surface area (Å²) in [5.74, 6) is 0.470. The highest BCUT2D eigenvalue weighted by molar-refractivity contribution is 5.46. The van der Waals surface area contributed by atoms with Gasteiger partial charge in [0.1, 0.15) is 11.9 Å². The number of nitrogens with zero attached hydrogens (tertiary/aromatic N) is 3. The molecular weight excluding hydrogens is 188 g/mol. The predicted molar refractivity (Wildman–Crippen MR) is 57.4 cm³/mol. The molecule has 2 aromatic rings. The molecule has 0 aliphatic heterocycles. The fraction of sp³-hybridized carbons (Fsp3) is 0.0909. The molecule has 0 aliphatic carbocycles. The van der Waals surface area contributed by atoms with Crippen molar-refractivity contribution in [3.63, 3.8) is 0 Å². The SMILES string of the molecule is Cc1cccc(-n2nc(C#N)cc2N)c1. The molecule has 0 saturated carbocycles. The number of nitrogen functional groups attached to an aromatic ring is 1. The van der Waals surface area contributed by atoms with Crippen molar-refractivity contribution < 1.29 is 0 Å². The topological polar surface area (TPSA) is 67.6 Å². The van der Waals surface area contributed by atoms with Gasteiger partial charge in [0.15, 0.2) is 5.69 Å². The summed E-state index contributed by atoms with van der Waals surface area (Å²) in [6.45, 7) is 1.99. The Bertz CT molecular complexity index is 534. The summed E-state index contributed by atoms with van der Waals surface area (Å²) < 4.78 is 1.56. The van der Waals surface area contributed by atoms with Crippen molar-refractivity contribution >= 4 is 5.82 Å². The van der Waals surface area contributed by atoms with Gasteiger partial charge in [-0.15, -0.1) is 0 Å². The molecule has 0 aliphatic rings. The van der Waals surface area contributed by atoms with Crippen molar-refractivity contribution in [3.8, 4) is 11.8 Å². The van der Waals surface area contributed by atoms with Gasteiger partial charge < -0.3 is 5.73 Å². The Kier molecular flexibility index (Phi) is 2.14. The van der Waals surface area contributed by atoms with Crippen LogP contribution in [0.25, 0.3) is 5.69 Å². The molecule has 1 heterocycles. The molecule has 1 aromatic heterocycles. The number of anilines is 1. The van der Waals surface area contributed by atoms with Crippen LogP contribution in [0.1, 0.15) is 11.3 Å². The lowest BCUT2D eigenvalue weighted by molar-refractivity contribution is 0.882. The Morgan fingerprint density at radius 2 is 2.20 bits per heavy atom. The maximum absolute atomic E-state index is 8.70. The third kappa shape index (κ3) is 1.67. The fourth-order valence-electron chi connectivity index (χ4n) is 1.42. The van der Waals surface area contributed by atoms with E-state index in [0.29, 0.717) is 11.5 Å². The molecular formula is C11H10N4. The lowest BCUT2D eigenvalue weighted by Crippen LogP contribution is -2.01. The summed E-state index contributed by atoms with van der Waals surface area (Å²) in [6, 6.07) is 11.3. The number of nitriles is 1. The summed E-state index contributed by atoms with van der Waals surface area (Å²) in [5.41, 5.74) is 8.07. The number of hydrogen-bond donors (Lipinski definition) is 1. The molecule has 0 atom stereocenters. The highest BCUT2D eigenvalue weighted by atomic mass is 15.3. The molecule has 15 heavy (non-hydrogen) atoms. The van der Waals surface area contributed by atoms with Crippen molar-refractivity contribution in [3.05, 3.63) is 41.6 Å². The van der Waals surface area contributed by atoms with E-state index in [9.17, 15) is 0 Å². The molecule has 0 bridgehead atoms. The molecule has 0 fully saturated rings. The van der Waals surface area contributed by atoms with E-state index in [4.69, 9.17) is 11.0 Å². The zero-order valence-corrected chi connectivity index (χ0v) is 8.31. The Morgan fingerprint density at radius 3 is 2.80 bits per heavy atom. The molecule has 0 saturated heterocycles. The van der Waals surface area contributed by atoms with Gasteiger partial charge in [0.25, 0.3) is 0 Å². The van der Waals surface area contributed by atoms with Gasteiger partial charge in [0.05, 0.1) is 5.69 Å². The lowest BCUT2D eigenvalue weighted by Gasteiger charge is -2.03. The molecule has 0 radical (unpaired) electrons. The maximum atomic E-state index is 8.70. The van der Waals surface area contributed by atoms with E-state index >= 15 is 0 Å². The number of aryl methyl sites for hydroxylation is 1. The van der Waals surface area contributed by atoms with Crippen molar-refractivity contribution in [1.82, 2.24) is 9.78 Å². The van der Waals surface area contributed by atoms with E-state index in [2.05, 4.69) is 5.10 Å². The van der Waals surface area contributed by atoms with Crippen LogP contribution in [0.2, 0.25) is 0 Å². The fourth-order valence-corrected chi connectivity index (χ4v) is 1.42. The molecule has 0 amide bonds. The third-order valence-electron chi connectivity index (χ3n) is 2.10. The minimum absolute atomic E-state index is 0.328. The second-order valence-corrected chi connectivity index (χ2v) is 3.32. The summed E-state index contributed by atoms with van der Waals surface area (Å²) in [4.78, 5) is 0. The van der Waals surface area contributed by atoms with E-state index in [0.717, 1.165) is 11.3 Å². The standard InChI is InChI=1S/C11H10N4/c1-8-3-2-4-10(5-8)15-11(13)6-9(7-12)14-15/h2-6H,13H2,1H3. The third-order valence-corrected chi connectivity index (χ3v) is 2.10. The van der Waals surface area contributed by atoms with Crippen LogP contribution in [-0.4, -0.2) is 9.78 Å². The molecule has 4 nitrogen and oxygen atoms in total. The van der Waals surface area contributed by atoms with Gasteiger partial charge in [-0.1, -0.05) is 12.1 Å².